The first kappa shape index (κ1) is 22.7. The third-order valence-corrected chi connectivity index (χ3v) is 7.79. The van der Waals surface area contributed by atoms with Crippen LogP contribution in [0.4, 0.5) is 11.5 Å². The Bertz CT molecular complexity index is 1380. The molecule has 0 fully saturated rings. The summed E-state index contributed by atoms with van der Waals surface area (Å²) < 4.78 is 30.0. The quantitative estimate of drug-likeness (QED) is 0.611. The topological polar surface area (TPSA) is 101 Å². The lowest BCUT2D eigenvalue weighted by molar-refractivity contribution is -0.116. The highest BCUT2D eigenvalue weighted by Gasteiger charge is 2.29. The SMILES string of the molecule is CCN(c1cccc(C)c1)S(=O)(=O)c1cc(-c2c(C)nn3c2NC(=O)CCC3=O)ccc1C. The maximum atomic E-state index is 13.7. The van der Waals surface area contributed by atoms with Gasteiger partial charge in [0.1, 0.15) is 5.82 Å². The number of sulfonamides is 1. The first-order chi connectivity index (χ1) is 15.6. The Labute approximate surface area is 193 Å². The summed E-state index contributed by atoms with van der Waals surface area (Å²) in [4.78, 5) is 24.8. The van der Waals surface area contributed by atoms with E-state index in [0.717, 1.165) is 5.56 Å². The molecule has 172 valence electrons. The number of carbonyl (C=O) groups excluding carboxylic acids is 2. The van der Waals surface area contributed by atoms with Gasteiger partial charge in [0.2, 0.25) is 11.8 Å². The number of hydrogen-bond donors (Lipinski definition) is 1. The van der Waals surface area contributed by atoms with E-state index in [2.05, 4.69) is 10.4 Å². The third kappa shape index (κ3) is 4.04. The second-order valence-corrected chi connectivity index (χ2v) is 9.98. The lowest BCUT2D eigenvalue weighted by Gasteiger charge is -2.24. The van der Waals surface area contributed by atoms with Gasteiger partial charge in [-0.25, -0.2) is 8.42 Å². The van der Waals surface area contributed by atoms with Crippen molar-refractivity contribution in [3.05, 3.63) is 59.3 Å². The van der Waals surface area contributed by atoms with Crippen molar-refractivity contribution in [2.24, 2.45) is 0 Å². The van der Waals surface area contributed by atoms with Gasteiger partial charge in [-0.3, -0.25) is 13.9 Å². The van der Waals surface area contributed by atoms with E-state index in [1.807, 2.05) is 25.1 Å². The van der Waals surface area contributed by atoms with Crippen molar-refractivity contribution in [1.29, 1.82) is 0 Å². The van der Waals surface area contributed by atoms with Gasteiger partial charge in [0.05, 0.1) is 16.3 Å². The van der Waals surface area contributed by atoms with E-state index in [1.54, 1.807) is 45.0 Å². The smallest absolute Gasteiger partial charge is 0.264 e. The number of aryl methyl sites for hydroxylation is 3. The number of amides is 1. The summed E-state index contributed by atoms with van der Waals surface area (Å²) in [6, 6.07) is 12.5. The van der Waals surface area contributed by atoms with Crippen LogP contribution in [0.15, 0.2) is 47.4 Å². The number of aromatic nitrogens is 2. The van der Waals surface area contributed by atoms with Crippen molar-refractivity contribution in [2.75, 3.05) is 16.2 Å². The number of benzene rings is 2. The minimum Gasteiger partial charge on any atom is -0.310 e. The summed E-state index contributed by atoms with van der Waals surface area (Å²) in [5.41, 5.74) is 3.78. The standard InChI is InChI=1S/C24H26N4O4S/c1-5-27(19-8-6-7-15(2)13-19)33(31,32)20-14-18(10-9-16(20)3)23-17(4)26-28-22(30)12-11-21(29)25-24(23)28/h6-10,13-14H,5,11-12H2,1-4H3,(H,25,29). The molecule has 3 aromatic rings. The molecule has 0 radical (unpaired) electrons. The van der Waals surface area contributed by atoms with E-state index in [9.17, 15) is 18.0 Å². The summed E-state index contributed by atoms with van der Waals surface area (Å²) in [5, 5.41) is 7.08. The summed E-state index contributed by atoms with van der Waals surface area (Å²) in [6.07, 6.45) is 0.144. The van der Waals surface area contributed by atoms with Gasteiger partial charge in [-0.15, -0.1) is 0 Å². The van der Waals surface area contributed by atoms with Gasteiger partial charge in [-0.2, -0.15) is 9.78 Å². The van der Waals surface area contributed by atoms with E-state index in [-0.39, 0.29) is 41.9 Å². The van der Waals surface area contributed by atoms with Crippen molar-refractivity contribution in [1.82, 2.24) is 9.78 Å². The van der Waals surface area contributed by atoms with Crippen molar-refractivity contribution in [3.63, 3.8) is 0 Å². The Kier molecular flexibility index (Phi) is 5.84. The van der Waals surface area contributed by atoms with Gasteiger partial charge in [0, 0.05) is 24.9 Å². The summed E-state index contributed by atoms with van der Waals surface area (Å²) >= 11 is 0. The summed E-state index contributed by atoms with van der Waals surface area (Å²) in [7, 11) is -3.88. The molecule has 2 heterocycles. The highest BCUT2D eigenvalue weighted by molar-refractivity contribution is 7.92. The maximum absolute atomic E-state index is 13.7. The number of fused-ring (bicyclic) bond motifs is 1. The zero-order valence-electron chi connectivity index (χ0n) is 19.0. The molecule has 9 heteroatoms. The zero-order valence-corrected chi connectivity index (χ0v) is 19.9. The van der Waals surface area contributed by atoms with Gasteiger partial charge in [0.15, 0.2) is 0 Å². The van der Waals surface area contributed by atoms with Crippen molar-refractivity contribution in [2.45, 2.75) is 45.4 Å². The zero-order chi connectivity index (χ0) is 23.9. The Morgan fingerprint density at radius 2 is 1.82 bits per heavy atom. The molecular formula is C24H26N4O4S. The van der Waals surface area contributed by atoms with Crippen LogP contribution in [0.2, 0.25) is 0 Å². The normalized spacial score (nSPS) is 13.9. The van der Waals surface area contributed by atoms with E-state index < -0.39 is 10.0 Å². The van der Waals surface area contributed by atoms with Gasteiger partial charge in [0.25, 0.3) is 10.0 Å². The molecule has 0 unspecified atom stereocenters. The molecule has 1 amide bonds. The minimum atomic E-state index is -3.88. The van der Waals surface area contributed by atoms with Crippen LogP contribution in [0.1, 0.15) is 41.4 Å². The van der Waals surface area contributed by atoms with Gasteiger partial charge in [-0.05, 0) is 62.6 Å². The number of hydrogen-bond acceptors (Lipinski definition) is 5. The molecule has 0 saturated carbocycles. The molecule has 4 rings (SSSR count). The molecule has 0 saturated heterocycles. The van der Waals surface area contributed by atoms with Crippen LogP contribution in [0.3, 0.4) is 0 Å². The molecule has 0 bridgehead atoms. The molecule has 1 aliphatic rings. The largest absolute Gasteiger partial charge is 0.310 e. The Hall–Kier alpha value is -3.46. The molecule has 1 aliphatic heterocycles. The van der Waals surface area contributed by atoms with Crippen LogP contribution >= 0.6 is 0 Å². The average molecular weight is 467 g/mol. The van der Waals surface area contributed by atoms with Gasteiger partial charge in [-0.1, -0.05) is 24.3 Å². The molecule has 33 heavy (non-hydrogen) atoms. The Morgan fingerprint density at radius 1 is 1.06 bits per heavy atom. The predicted octanol–water partition coefficient (Wildman–Crippen LogP) is 4.06. The van der Waals surface area contributed by atoms with Crippen LogP contribution in [0.5, 0.6) is 0 Å². The molecule has 2 aromatic carbocycles. The van der Waals surface area contributed by atoms with E-state index in [1.165, 1.54) is 8.99 Å². The van der Waals surface area contributed by atoms with Crippen LogP contribution < -0.4 is 9.62 Å². The first-order valence-corrected chi connectivity index (χ1v) is 12.2. The highest BCUT2D eigenvalue weighted by Crippen LogP contribution is 2.36. The van der Waals surface area contributed by atoms with Crippen molar-refractivity contribution in [3.8, 4) is 11.1 Å². The fourth-order valence-corrected chi connectivity index (χ4v) is 5.84. The van der Waals surface area contributed by atoms with Crippen LogP contribution in [-0.2, 0) is 14.8 Å². The van der Waals surface area contributed by atoms with E-state index in [4.69, 9.17) is 0 Å². The van der Waals surface area contributed by atoms with Crippen LogP contribution in [-0.4, -0.2) is 36.6 Å². The van der Waals surface area contributed by atoms with Gasteiger partial charge >= 0.3 is 0 Å². The maximum Gasteiger partial charge on any atom is 0.264 e. The lowest BCUT2D eigenvalue weighted by atomic mass is 10.0. The number of anilines is 2. The lowest BCUT2D eigenvalue weighted by Crippen LogP contribution is -2.31. The summed E-state index contributed by atoms with van der Waals surface area (Å²) in [6.45, 7) is 7.46. The molecule has 1 N–H and O–H groups in total. The van der Waals surface area contributed by atoms with Crippen molar-refractivity contribution < 1.29 is 18.0 Å². The van der Waals surface area contributed by atoms with Crippen molar-refractivity contribution >= 4 is 33.3 Å². The fraction of sp³-hybridized carbons (Fsp3) is 0.292. The molecular weight excluding hydrogens is 440 g/mol. The second kappa shape index (κ2) is 8.47. The number of nitrogens with one attached hydrogen (secondary N) is 1. The molecule has 1 aromatic heterocycles. The average Bonchev–Trinajstić information content (AvgIpc) is 3.01. The highest BCUT2D eigenvalue weighted by atomic mass is 32.2. The molecule has 8 nitrogen and oxygen atoms in total. The third-order valence-electron chi connectivity index (χ3n) is 5.74. The number of rotatable bonds is 5. The Balaban J connectivity index is 1.86. The van der Waals surface area contributed by atoms with Crippen LogP contribution in [0.25, 0.3) is 11.1 Å². The van der Waals surface area contributed by atoms with E-state index >= 15 is 0 Å². The predicted molar refractivity (Wildman–Crippen MR) is 127 cm³/mol. The minimum absolute atomic E-state index is 0.0644. The summed E-state index contributed by atoms with van der Waals surface area (Å²) in [5.74, 6) is -0.285. The second-order valence-electron chi connectivity index (χ2n) is 8.15. The fourth-order valence-electron chi connectivity index (χ4n) is 4.12. The monoisotopic (exact) mass is 466 g/mol. The molecule has 0 spiro atoms. The number of carbonyl (C=O) groups is 2. The van der Waals surface area contributed by atoms with E-state index in [0.29, 0.717) is 28.1 Å². The first-order valence-electron chi connectivity index (χ1n) is 10.8. The number of nitrogens with zero attached hydrogens (tertiary/aromatic N) is 3. The molecule has 0 aliphatic carbocycles. The van der Waals surface area contributed by atoms with Gasteiger partial charge < -0.3 is 5.32 Å². The Morgan fingerprint density at radius 3 is 2.52 bits per heavy atom. The van der Waals surface area contributed by atoms with Crippen LogP contribution in [0, 0.1) is 20.8 Å². The molecule has 0 atom stereocenters.